The van der Waals surface area contributed by atoms with Gasteiger partial charge in [0.2, 0.25) is 10.0 Å². The van der Waals surface area contributed by atoms with Crippen LogP contribution in [0.1, 0.15) is 20.3 Å². The van der Waals surface area contributed by atoms with E-state index < -0.39 is 16.1 Å². The molecule has 0 radical (unpaired) electrons. The van der Waals surface area contributed by atoms with Gasteiger partial charge in [-0.3, -0.25) is 14.6 Å². The predicted octanol–water partition coefficient (Wildman–Crippen LogP) is 0.704. The van der Waals surface area contributed by atoms with Crippen LogP contribution in [0.4, 0.5) is 5.69 Å². The maximum Gasteiger partial charge on any atom is 0.270 e. The second-order valence-corrected chi connectivity index (χ2v) is 8.91. The van der Waals surface area contributed by atoms with Crippen molar-refractivity contribution in [3.8, 4) is 0 Å². The van der Waals surface area contributed by atoms with Crippen LogP contribution in [0.5, 0.6) is 0 Å². The zero-order chi connectivity index (χ0) is 19.6. The van der Waals surface area contributed by atoms with Gasteiger partial charge in [-0.2, -0.15) is 9.41 Å². The second-order valence-electron chi connectivity index (χ2n) is 6.65. The van der Waals surface area contributed by atoms with E-state index in [9.17, 15) is 18.0 Å². The van der Waals surface area contributed by atoms with Crippen molar-refractivity contribution in [1.29, 1.82) is 0 Å². The van der Waals surface area contributed by atoms with Crippen LogP contribution in [0.3, 0.4) is 0 Å². The third-order valence-electron chi connectivity index (χ3n) is 4.93. The molecule has 2 aliphatic rings. The van der Waals surface area contributed by atoms with E-state index in [-0.39, 0.29) is 37.0 Å². The van der Waals surface area contributed by atoms with Crippen molar-refractivity contribution in [3.63, 3.8) is 0 Å². The summed E-state index contributed by atoms with van der Waals surface area (Å²) in [4.78, 5) is 26.5. The highest BCUT2D eigenvalue weighted by atomic mass is 32.2. The summed E-state index contributed by atoms with van der Waals surface area (Å²) in [7, 11) is -3.24. The summed E-state index contributed by atoms with van der Waals surface area (Å²) in [5, 5.41) is 6.03. The first kappa shape index (κ1) is 19.5. The average Bonchev–Trinajstić information content (AvgIpc) is 3.14. The number of nitrogens with zero attached hydrogens (tertiary/aromatic N) is 4. The van der Waals surface area contributed by atoms with Gasteiger partial charge in [0.05, 0.1) is 11.4 Å². The fourth-order valence-corrected chi connectivity index (χ4v) is 4.39. The monoisotopic (exact) mass is 392 g/mol. The minimum absolute atomic E-state index is 0.0516. The van der Waals surface area contributed by atoms with Gasteiger partial charge in [-0.1, -0.05) is 18.2 Å². The zero-order valence-electron chi connectivity index (χ0n) is 15.5. The van der Waals surface area contributed by atoms with Gasteiger partial charge in [0.25, 0.3) is 5.91 Å². The molecule has 2 heterocycles. The summed E-state index contributed by atoms with van der Waals surface area (Å²) in [6, 6.07) is 8.79. The number of sulfonamides is 1. The number of hydrazone groups is 1. The number of para-hydroxylation sites is 1. The van der Waals surface area contributed by atoms with Crippen LogP contribution >= 0.6 is 0 Å². The topological polar surface area (TPSA) is 90.4 Å². The largest absolute Gasteiger partial charge is 0.335 e. The van der Waals surface area contributed by atoms with E-state index in [4.69, 9.17) is 0 Å². The van der Waals surface area contributed by atoms with Crippen LogP contribution in [0, 0.1) is 0 Å². The summed E-state index contributed by atoms with van der Waals surface area (Å²) in [5.41, 5.74) is 1.10. The van der Waals surface area contributed by atoms with E-state index >= 15 is 0 Å². The molecule has 0 N–H and O–H groups in total. The van der Waals surface area contributed by atoms with Gasteiger partial charge in [-0.05, 0) is 26.0 Å². The molecule has 0 aromatic heterocycles. The van der Waals surface area contributed by atoms with Crippen molar-refractivity contribution in [2.75, 3.05) is 36.9 Å². The standard InChI is InChI=1S/C18H24N4O4S/c1-3-27(25,26)21-11-9-20(10-12-21)18(24)16-13-17(14(2)23)22(19-16)15-7-5-4-6-8-15/h4-8,17H,3,9-13H2,1-2H3. The minimum atomic E-state index is -3.24. The Morgan fingerprint density at radius 1 is 1.11 bits per heavy atom. The smallest absolute Gasteiger partial charge is 0.270 e. The van der Waals surface area contributed by atoms with Gasteiger partial charge in [0.1, 0.15) is 11.8 Å². The Kier molecular flexibility index (Phi) is 5.61. The molecule has 1 unspecified atom stereocenters. The molecule has 1 aromatic carbocycles. The normalized spacial score (nSPS) is 21.3. The molecule has 0 saturated carbocycles. The molecule has 9 heteroatoms. The lowest BCUT2D eigenvalue weighted by molar-refractivity contribution is -0.125. The number of Topliss-reactive ketones (excluding diaryl/α,β-unsaturated/α-hetero) is 1. The molecule has 8 nitrogen and oxygen atoms in total. The Morgan fingerprint density at radius 3 is 2.30 bits per heavy atom. The number of benzene rings is 1. The summed E-state index contributed by atoms with van der Waals surface area (Å²) < 4.78 is 25.3. The number of carbonyl (C=O) groups is 2. The van der Waals surface area contributed by atoms with Gasteiger partial charge in [-0.25, -0.2) is 8.42 Å². The molecular weight excluding hydrogens is 368 g/mol. The summed E-state index contributed by atoms with van der Waals surface area (Å²) in [6.07, 6.45) is 0.260. The van der Waals surface area contributed by atoms with Gasteiger partial charge in [0, 0.05) is 32.6 Å². The molecule has 1 atom stereocenters. The van der Waals surface area contributed by atoms with Crippen LogP contribution < -0.4 is 5.01 Å². The molecule has 3 rings (SSSR count). The Bertz CT molecular complexity index is 845. The first-order valence-corrected chi connectivity index (χ1v) is 10.6. The van der Waals surface area contributed by atoms with Crippen molar-refractivity contribution in [3.05, 3.63) is 30.3 Å². The number of anilines is 1. The molecule has 146 valence electrons. The molecule has 1 aromatic rings. The van der Waals surface area contributed by atoms with Crippen LogP contribution in [-0.2, 0) is 19.6 Å². The molecule has 1 fully saturated rings. The van der Waals surface area contributed by atoms with Gasteiger partial charge in [-0.15, -0.1) is 0 Å². The fraction of sp³-hybridized carbons (Fsp3) is 0.500. The first-order chi connectivity index (χ1) is 12.8. The quantitative estimate of drug-likeness (QED) is 0.736. The van der Waals surface area contributed by atoms with Crippen molar-refractivity contribution >= 4 is 33.1 Å². The Hall–Kier alpha value is -2.26. The average molecular weight is 392 g/mol. The van der Waals surface area contributed by atoms with Gasteiger partial charge >= 0.3 is 0 Å². The number of rotatable bonds is 5. The summed E-state index contributed by atoms with van der Waals surface area (Å²) in [6.45, 7) is 4.33. The lowest BCUT2D eigenvalue weighted by Gasteiger charge is -2.33. The number of carbonyl (C=O) groups excluding carboxylic acids is 2. The minimum Gasteiger partial charge on any atom is -0.335 e. The van der Waals surface area contributed by atoms with Crippen LogP contribution in [0.25, 0.3) is 0 Å². The Morgan fingerprint density at radius 2 is 1.74 bits per heavy atom. The molecule has 0 bridgehead atoms. The summed E-state index contributed by atoms with van der Waals surface area (Å²) in [5.74, 6) is -0.225. The van der Waals surface area contributed by atoms with Crippen molar-refractivity contribution in [2.45, 2.75) is 26.3 Å². The highest BCUT2D eigenvalue weighted by molar-refractivity contribution is 7.89. The van der Waals surface area contributed by atoms with E-state index in [0.29, 0.717) is 18.8 Å². The first-order valence-electron chi connectivity index (χ1n) is 9.03. The lowest BCUT2D eigenvalue weighted by Crippen LogP contribution is -2.52. The van der Waals surface area contributed by atoms with Gasteiger partial charge in [0.15, 0.2) is 5.78 Å². The van der Waals surface area contributed by atoms with E-state index in [1.807, 2.05) is 30.3 Å². The SMILES string of the molecule is CCS(=O)(=O)N1CCN(C(=O)C2=NN(c3ccccc3)C(C(C)=O)C2)CC1. The molecule has 0 aliphatic carbocycles. The van der Waals surface area contributed by atoms with Crippen molar-refractivity contribution in [2.24, 2.45) is 5.10 Å². The van der Waals surface area contributed by atoms with Crippen LogP contribution in [-0.4, -0.2) is 73.0 Å². The predicted molar refractivity (Wildman–Crippen MR) is 103 cm³/mol. The number of hydrogen-bond donors (Lipinski definition) is 0. The zero-order valence-corrected chi connectivity index (χ0v) is 16.4. The Labute approximate surface area is 159 Å². The van der Waals surface area contributed by atoms with Crippen molar-refractivity contribution < 1.29 is 18.0 Å². The van der Waals surface area contributed by atoms with E-state index in [2.05, 4.69) is 5.10 Å². The second kappa shape index (κ2) is 7.77. The molecule has 0 spiro atoms. The highest BCUT2D eigenvalue weighted by Crippen LogP contribution is 2.25. The van der Waals surface area contributed by atoms with Crippen LogP contribution in [0.2, 0.25) is 0 Å². The summed E-state index contributed by atoms with van der Waals surface area (Å²) >= 11 is 0. The third kappa shape index (κ3) is 4.03. The van der Waals surface area contributed by atoms with E-state index in [1.165, 1.54) is 11.2 Å². The van der Waals surface area contributed by atoms with Crippen LogP contribution in [0.15, 0.2) is 35.4 Å². The molecule has 1 amide bonds. The van der Waals surface area contributed by atoms with E-state index in [0.717, 1.165) is 5.69 Å². The Balaban J connectivity index is 1.73. The maximum absolute atomic E-state index is 12.9. The number of amides is 1. The molecule has 1 saturated heterocycles. The number of piperazine rings is 1. The lowest BCUT2D eigenvalue weighted by atomic mass is 10.1. The number of hydrogen-bond acceptors (Lipinski definition) is 6. The maximum atomic E-state index is 12.9. The van der Waals surface area contributed by atoms with Gasteiger partial charge < -0.3 is 4.90 Å². The fourth-order valence-electron chi connectivity index (χ4n) is 3.31. The molecule has 27 heavy (non-hydrogen) atoms. The van der Waals surface area contributed by atoms with Crippen molar-refractivity contribution in [1.82, 2.24) is 9.21 Å². The molecular formula is C18H24N4O4S. The highest BCUT2D eigenvalue weighted by Gasteiger charge is 2.37. The molecule has 2 aliphatic heterocycles. The van der Waals surface area contributed by atoms with E-state index in [1.54, 1.807) is 16.8 Å². The number of ketones is 1. The third-order valence-corrected chi connectivity index (χ3v) is 6.81.